The molecule has 0 amide bonds. The van der Waals surface area contributed by atoms with E-state index >= 15 is 0 Å². The van der Waals surface area contributed by atoms with Crippen molar-refractivity contribution in [3.05, 3.63) is 58.8 Å². The van der Waals surface area contributed by atoms with Crippen molar-refractivity contribution in [3.8, 4) is 0 Å². The molecule has 2 heterocycles. The lowest BCUT2D eigenvalue weighted by molar-refractivity contribution is 0.122. The Bertz CT molecular complexity index is 975. The molecule has 5 heteroatoms. The van der Waals surface area contributed by atoms with E-state index in [9.17, 15) is 0 Å². The van der Waals surface area contributed by atoms with Crippen LogP contribution in [-0.4, -0.2) is 36.5 Å². The minimum atomic E-state index is 0.144. The van der Waals surface area contributed by atoms with Crippen LogP contribution in [0.4, 0.5) is 11.5 Å². The van der Waals surface area contributed by atoms with Gasteiger partial charge in [0, 0.05) is 29.5 Å². The molecule has 1 aliphatic heterocycles. The molecular weight excluding hydrogens is 348 g/mol. The van der Waals surface area contributed by atoms with Gasteiger partial charge in [-0.15, -0.1) is 5.10 Å². The fourth-order valence-corrected chi connectivity index (χ4v) is 3.95. The second-order valence-corrected chi connectivity index (χ2v) is 7.75. The van der Waals surface area contributed by atoms with Crippen molar-refractivity contribution >= 4 is 22.3 Å². The quantitative estimate of drug-likeness (QED) is 0.723. The standard InChI is InChI=1S/C23H28N4O/c1-15-11-16(2)13-19(12-15)17(3)24-23-22-14-20(27-7-9-28-10-8-27)5-6-21(22)18(4)25-26-23/h5-6,11-14,17H,7-10H2,1-4H3,(H,24,26)/t17-/m1/s1. The second-order valence-electron chi connectivity index (χ2n) is 7.75. The van der Waals surface area contributed by atoms with Crippen LogP contribution in [0.3, 0.4) is 0 Å². The second kappa shape index (κ2) is 7.76. The lowest BCUT2D eigenvalue weighted by Gasteiger charge is -2.29. The van der Waals surface area contributed by atoms with Crippen molar-refractivity contribution in [2.75, 3.05) is 36.5 Å². The maximum Gasteiger partial charge on any atom is 0.157 e. The van der Waals surface area contributed by atoms with E-state index in [0.29, 0.717) is 0 Å². The third kappa shape index (κ3) is 3.80. The number of rotatable bonds is 4. The van der Waals surface area contributed by atoms with Gasteiger partial charge in [0.05, 0.1) is 24.9 Å². The Morgan fingerprint density at radius 3 is 2.36 bits per heavy atom. The maximum atomic E-state index is 5.50. The molecular formula is C23H28N4O. The van der Waals surface area contributed by atoms with E-state index in [1.54, 1.807) is 0 Å². The minimum Gasteiger partial charge on any atom is -0.378 e. The van der Waals surface area contributed by atoms with Crippen molar-refractivity contribution in [2.45, 2.75) is 33.7 Å². The summed E-state index contributed by atoms with van der Waals surface area (Å²) in [6, 6.07) is 13.4. The largest absolute Gasteiger partial charge is 0.378 e. The van der Waals surface area contributed by atoms with Crippen LogP contribution in [0.5, 0.6) is 0 Å². The fraction of sp³-hybridized carbons (Fsp3) is 0.391. The number of nitrogens with zero attached hydrogens (tertiary/aromatic N) is 3. The Hall–Kier alpha value is -2.66. The van der Waals surface area contributed by atoms with Gasteiger partial charge in [-0.3, -0.25) is 0 Å². The van der Waals surface area contributed by atoms with Crippen LogP contribution < -0.4 is 10.2 Å². The zero-order valence-corrected chi connectivity index (χ0v) is 17.1. The number of fused-ring (bicyclic) bond motifs is 1. The topological polar surface area (TPSA) is 50.3 Å². The molecule has 1 saturated heterocycles. The molecule has 1 aliphatic rings. The summed E-state index contributed by atoms with van der Waals surface area (Å²) >= 11 is 0. The molecule has 2 aromatic carbocycles. The number of aromatic nitrogens is 2. The number of anilines is 2. The number of benzene rings is 2. The first-order valence-corrected chi connectivity index (χ1v) is 9.96. The van der Waals surface area contributed by atoms with Gasteiger partial charge in [-0.25, -0.2) is 0 Å². The van der Waals surface area contributed by atoms with Gasteiger partial charge in [0.15, 0.2) is 5.82 Å². The van der Waals surface area contributed by atoms with Crippen LogP contribution in [0.2, 0.25) is 0 Å². The van der Waals surface area contributed by atoms with Gasteiger partial charge in [0.1, 0.15) is 0 Å². The van der Waals surface area contributed by atoms with E-state index in [1.807, 2.05) is 6.92 Å². The molecule has 0 unspecified atom stereocenters. The van der Waals surface area contributed by atoms with Gasteiger partial charge in [0.2, 0.25) is 0 Å². The lowest BCUT2D eigenvalue weighted by atomic mass is 10.0. The molecule has 146 valence electrons. The summed E-state index contributed by atoms with van der Waals surface area (Å²) < 4.78 is 5.50. The molecule has 4 rings (SSSR count). The van der Waals surface area contributed by atoms with E-state index in [2.05, 4.69) is 77.6 Å². The highest BCUT2D eigenvalue weighted by molar-refractivity contribution is 5.95. The van der Waals surface area contributed by atoms with E-state index in [1.165, 1.54) is 22.4 Å². The van der Waals surface area contributed by atoms with Gasteiger partial charge in [-0.1, -0.05) is 35.4 Å². The number of hydrogen-bond donors (Lipinski definition) is 1. The molecule has 1 atom stereocenters. The molecule has 1 fully saturated rings. The molecule has 0 radical (unpaired) electrons. The van der Waals surface area contributed by atoms with Gasteiger partial charge in [-0.05, 0) is 45.4 Å². The Labute approximate surface area is 166 Å². The molecule has 0 spiro atoms. The molecule has 1 N–H and O–H groups in total. The number of ether oxygens (including phenoxy) is 1. The first-order valence-electron chi connectivity index (χ1n) is 9.96. The van der Waals surface area contributed by atoms with E-state index < -0.39 is 0 Å². The molecule has 0 saturated carbocycles. The van der Waals surface area contributed by atoms with Crippen molar-refractivity contribution in [2.24, 2.45) is 0 Å². The first kappa shape index (κ1) is 18.7. The van der Waals surface area contributed by atoms with Crippen molar-refractivity contribution in [3.63, 3.8) is 0 Å². The highest BCUT2D eigenvalue weighted by atomic mass is 16.5. The summed E-state index contributed by atoms with van der Waals surface area (Å²) in [5.74, 6) is 0.836. The van der Waals surface area contributed by atoms with Gasteiger partial charge in [-0.2, -0.15) is 5.10 Å². The van der Waals surface area contributed by atoms with E-state index in [0.717, 1.165) is 48.6 Å². The van der Waals surface area contributed by atoms with E-state index in [4.69, 9.17) is 4.74 Å². The monoisotopic (exact) mass is 376 g/mol. The average Bonchev–Trinajstić information content (AvgIpc) is 2.70. The molecule has 28 heavy (non-hydrogen) atoms. The fourth-order valence-electron chi connectivity index (χ4n) is 3.95. The number of aryl methyl sites for hydroxylation is 3. The Kier molecular flexibility index (Phi) is 5.18. The van der Waals surface area contributed by atoms with Crippen LogP contribution in [0.25, 0.3) is 10.8 Å². The van der Waals surface area contributed by atoms with Crippen LogP contribution in [-0.2, 0) is 4.74 Å². The van der Waals surface area contributed by atoms with Crippen LogP contribution in [0, 0.1) is 20.8 Å². The predicted octanol–water partition coefficient (Wildman–Crippen LogP) is 4.56. The molecule has 3 aromatic rings. The third-order valence-corrected chi connectivity index (χ3v) is 5.42. The third-order valence-electron chi connectivity index (χ3n) is 5.42. The highest BCUT2D eigenvalue weighted by Crippen LogP contribution is 2.30. The van der Waals surface area contributed by atoms with Crippen LogP contribution >= 0.6 is 0 Å². The zero-order valence-electron chi connectivity index (χ0n) is 17.1. The van der Waals surface area contributed by atoms with Crippen molar-refractivity contribution in [1.29, 1.82) is 0 Å². The summed E-state index contributed by atoms with van der Waals surface area (Å²) in [6.45, 7) is 11.9. The molecule has 5 nitrogen and oxygen atoms in total. The summed E-state index contributed by atoms with van der Waals surface area (Å²) in [4.78, 5) is 2.37. The number of morpholine rings is 1. The average molecular weight is 377 g/mol. The van der Waals surface area contributed by atoms with Gasteiger partial charge in [0.25, 0.3) is 0 Å². The predicted molar refractivity (Wildman–Crippen MR) is 115 cm³/mol. The summed E-state index contributed by atoms with van der Waals surface area (Å²) in [6.07, 6.45) is 0. The minimum absolute atomic E-state index is 0.144. The maximum absolute atomic E-state index is 5.50. The normalized spacial score (nSPS) is 15.6. The SMILES string of the molecule is Cc1cc(C)cc([C@@H](C)Nc2nnc(C)c3ccc(N4CCOCC4)cc23)c1. The van der Waals surface area contributed by atoms with Crippen molar-refractivity contribution < 1.29 is 4.74 Å². The highest BCUT2D eigenvalue weighted by Gasteiger charge is 2.16. The molecule has 0 aliphatic carbocycles. The lowest BCUT2D eigenvalue weighted by Crippen LogP contribution is -2.36. The number of nitrogens with one attached hydrogen (secondary N) is 1. The van der Waals surface area contributed by atoms with E-state index in [-0.39, 0.29) is 6.04 Å². The first-order chi connectivity index (χ1) is 13.5. The summed E-state index contributed by atoms with van der Waals surface area (Å²) in [7, 11) is 0. The Morgan fingerprint density at radius 2 is 1.64 bits per heavy atom. The summed E-state index contributed by atoms with van der Waals surface area (Å²) in [5, 5.41) is 14.7. The van der Waals surface area contributed by atoms with Crippen LogP contribution in [0.15, 0.2) is 36.4 Å². The van der Waals surface area contributed by atoms with Crippen molar-refractivity contribution in [1.82, 2.24) is 10.2 Å². The summed E-state index contributed by atoms with van der Waals surface area (Å²) in [5.41, 5.74) is 5.98. The van der Waals surface area contributed by atoms with Gasteiger partial charge < -0.3 is 15.0 Å². The molecule has 1 aromatic heterocycles. The Morgan fingerprint density at radius 1 is 0.929 bits per heavy atom. The Balaban J connectivity index is 1.70. The zero-order chi connectivity index (χ0) is 19.7. The smallest absolute Gasteiger partial charge is 0.157 e. The number of hydrogen-bond acceptors (Lipinski definition) is 5. The molecule has 0 bridgehead atoms. The van der Waals surface area contributed by atoms with Crippen LogP contribution in [0.1, 0.15) is 35.3 Å². The van der Waals surface area contributed by atoms with Gasteiger partial charge >= 0.3 is 0 Å².